The first-order chi connectivity index (χ1) is 14.2. The van der Waals surface area contributed by atoms with Gasteiger partial charge in [0.25, 0.3) is 0 Å². The zero-order chi connectivity index (χ0) is 22.1. The number of ketones is 1. The summed E-state index contributed by atoms with van der Waals surface area (Å²) in [7, 11) is 3.35. The summed E-state index contributed by atoms with van der Waals surface area (Å²) in [6.07, 6.45) is -4.75. The predicted octanol–water partition coefficient (Wildman–Crippen LogP) is 3.75. The molecule has 0 aliphatic carbocycles. The van der Waals surface area contributed by atoms with E-state index in [2.05, 4.69) is 0 Å². The highest BCUT2D eigenvalue weighted by atomic mass is 19.4. The van der Waals surface area contributed by atoms with Crippen molar-refractivity contribution >= 4 is 23.1 Å². The SMILES string of the molecule is CN1C(=C(C#N)C(=O)COC(=O)c2ccccc2C(F)(F)F)N(C)c2ccccc21. The van der Waals surface area contributed by atoms with Crippen LogP contribution in [0.5, 0.6) is 0 Å². The number of esters is 1. The molecule has 0 bridgehead atoms. The summed E-state index contributed by atoms with van der Waals surface area (Å²) in [5, 5.41) is 9.53. The Bertz CT molecular complexity index is 1060. The van der Waals surface area contributed by atoms with E-state index in [1.165, 1.54) is 6.07 Å². The Morgan fingerprint density at radius 3 is 2.07 bits per heavy atom. The van der Waals surface area contributed by atoms with Gasteiger partial charge >= 0.3 is 12.1 Å². The number of fused-ring (bicyclic) bond motifs is 1. The molecule has 6 nitrogen and oxygen atoms in total. The average Bonchev–Trinajstić information content (AvgIpc) is 2.97. The second kappa shape index (κ2) is 7.91. The molecule has 0 unspecified atom stereocenters. The van der Waals surface area contributed by atoms with Crippen molar-refractivity contribution in [1.82, 2.24) is 0 Å². The summed E-state index contributed by atoms with van der Waals surface area (Å²) in [4.78, 5) is 28.0. The molecule has 0 atom stereocenters. The average molecular weight is 415 g/mol. The predicted molar refractivity (Wildman–Crippen MR) is 103 cm³/mol. The van der Waals surface area contributed by atoms with E-state index < -0.39 is 35.7 Å². The van der Waals surface area contributed by atoms with Crippen LogP contribution in [-0.4, -0.2) is 32.5 Å². The number of rotatable bonds is 4. The third-order valence-electron chi connectivity index (χ3n) is 4.64. The molecular formula is C21H16F3N3O3. The number of carbonyl (C=O) groups is 2. The molecule has 0 saturated heterocycles. The fourth-order valence-corrected chi connectivity index (χ4v) is 3.25. The fourth-order valence-electron chi connectivity index (χ4n) is 3.25. The molecule has 3 rings (SSSR count). The molecule has 9 heteroatoms. The molecule has 30 heavy (non-hydrogen) atoms. The fraction of sp³-hybridized carbons (Fsp3) is 0.190. The van der Waals surface area contributed by atoms with E-state index >= 15 is 0 Å². The molecule has 2 aromatic carbocycles. The first-order valence-corrected chi connectivity index (χ1v) is 8.74. The largest absolute Gasteiger partial charge is 0.454 e. The number of nitriles is 1. The zero-order valence-corrected chi connectivity index (χ0v) is 16.0. The van der Waals surface area contributed by atoms with Crippen LogP contribution in [0.1, 0.15) is 15.9 Å². The first kappa shape index (κ1) is 20.9. The van der Waals surface area contributed by atoms with Crippen molar-refractivity contribution < 1.29 is 27.5 Å². The first-order valence-electron chi connectivity index (χ1n) is 8.74. The Hall–Kier alpha value is -3.80. The third kappa shape index (κ3) is 3.72. The maximum absolute atomic E-state index is 13.1. The molecule has 0 amide bonds. The van der Waals surface area contributed by atoms with Crippen LogP contribution >= 0.6 is 0 Å². The van der Waals surface area contributed by atoms with Gasteiger partial charge in [0.2, 0.25) is 5.78 Å². The lowest BCUT2D eigenvalue weighted by Crippen LogP contribution is -2.28. The van der Waals surface area contributed by atoms with Gasteiger partial charge in [-0.1, -0.05) is 24.3 Å². The number of anilines is 2. The smallest absolute Gasteiger partial charge is 0.417 e. The zero-order valence-electron chi connectivity index (χ0n) is 16.0. The van der Waals surface area contributed by atoms with Gasteiger partial charge in [0.05, 0.1) is 22.5 Å². The Morgan fingerprint density at radius 2 is 1.53 bits per heavy atom. The van der Waals surface area contributed by atoms with Crippen LogP contribution in [0.25, 0.3) is 0 Å². The van der Waals surface area contributed by atoms with Crippen molar-refractivity contribution in [2.24, 2.45) is 0 Å². The lowest BCUT2D eigenvalue weighted by molar-refractivity contribution is -0.138. The van der Waals surface area contributed by atoms with Crippen molar-refractivity contribution in [2.45, 2.75) is 6.18 Å². The number of para-hydroxylation sites is 2. The van der Waals surface area contributed by atoms with Crippen LogP contribution in [0.3, 0.4) is 0 Å². The lowest BCUT2D eigenvalue weighted by atomic mass is 10.1. The number of benzene rings is 2. The van der Waals surface area contributed by atoms with Crippen LogP contribution in [-0.2, 0) is 15.7 Å². The number of halogens is 3. The van der Waals surface area contributed by atoms with Gasteiger partial charge in [0, 0.05) is 14.1 Å². The van der Waals surface area contributed by atoms with Crippen molar-refractivity contribution in [3.05, 3.63) is 71.1 Å². The maximum atomic E-state index is 13.1. The quantitative estimate of drug-likeness (QED) is 0.430. The minimum atomic E-state index is -4.75. The van der Waals surface area contributed by atoms with E-state index in [0.29, 0.717) is 0 Å². The number of ether oxygens (including phenoxy) is 1. The van der Waals surface area contributed by atoms with E-state index in [1.54, 1.807) is 36.0 Å². The Morgan fingerprint density at radius 1 is 1.00 bits per heavy atom. The number of hydrogen-bond acceptors (Lipinski definition) is 6. The van der Waals surface area contributed by atoms with Gasteiger partial charge in [-0.15, -0.1) is 0 Å². The van der Waals surface area contributed by atoms with Crippen molar-refractivity contribution in [1.29, 1.82) is 5.26 Å². The maximum Gasteiger partial charge on any atom is 0.417 e. The van der Waals surface area contributed by atoms with Crippen LogP contribution in [0.15, 0.2) is 59.9 Å². The second-order valence-corrected chi connectivity index (χ2v) is 6.46. The van der Waals surface area contributed by atoms with Gasteiger partial charge in [-0.25, -0.2) is 4.79 Å². The van der Waals surface area contributed by atoms with E-state index in [4.69, 9.17) is 4.74 Å². The van der Waals surface area contributed by atoms with Gasteiger partial charge in [0.1, 0.15) is 17.5 Å². The Labute approximate surface area is 170 Å². The normalized spacial score (nSPS) is 13.0. The van der Waals surface area contributed by atoms with Gasteiger partial charge in [-0.2, -0.15) is 18.4 Å². The molecule has 0 saturated carbocycles. The monoisotopic (exact) mass is 415 g/mol. The van der Waals surface area contributed by atoms with E-state index in [0.717, 1.165) is 29.6 Å². The summed E-state index contributed by atoms with van der Waals surface area (Å²) in [6.45, 7) is -0.866. The van der Waals surface area contributed by atoms with Crippen LogP contribution in [0.2, 0.25) is 0 Å². The topological polar surface area (TPSA) is 73.6 Å². The molecular weight excluding hydrogens is 399 g/mol. The minimum absolute atomic E-state index is 0.270. The molecule has 154 valence electrons. The molecule has 0 spiro atoms. The molecule has 1 aliphatic heterocycles. The van der Waals surface area contributed by atoms with Crippen LogP contribution in [0, 0.1) is 11.3 Å². The summed E-state index contributed by atoms with van der Waals surface area (Å²) in [6, 6.07) is 13.2. The molecule has 0 radical (unpaired) electrons. The summed E-state index contributed by atoms with van der Waals surface area (Å²) < 4.78 is 44.0. The molecule has 1 aliphatic rings. The van der Waals surface area contributed by atoms with Gasteiger partial charge < -0.3 is 14.5 Å². The standard InChI is InChI=1S/C21H16F3N3O3/c1-26-16-9-5-6-10-17(16)27(2)19(26)14(11-25)18(28)12-30-20(29)13-7-3-4-8-15(13)21(22,23)24/h3-10H,12H2,1-2H3. The summed E-state index contributed by atoms with van der Waals surface area (Å²) >= 11 is 0. The molecule has 2 aromatic rings. The Balaban J connectivity index is 1.82. The highest BCUT2D eigenvalue weighted by molar-refractivity contribution is 6.04. The lowest BCUT2D eigenvalue weighted by Gasteiger charge is -2.20. The molecule has 0 N–H and O–H groups in total. The highest BCUT2D eigenvalue weighted by Gasteiger charge is 2.36. The molecule has 0 fully saturated rings. The van der Waals surface area contributed by atoms with E-state index in [9.17, 15) is 28.0 Å². The summed E-state index contributed by atoms with van der Waals surface area (Å²) in [5.74, 6) is -1.83. The molecule has 1 heterocycles. The van der Waals surface area contributed by atoms with Crippen molar-refractivity contribution in [2.75, 3.05) is 30.5 Å². The van der Waals surface area contributed by atoms with Gasteiger partial charge in [0.15, 0.2) is 6.61 Å². The third-order valence-corrected chi connectivity index (χ3v) is 4.64. The van der Waals surface area contributed by atoms with Crippen molar-refractivity contribution in [3.8, 4) is 6.07 Å². The Kier molecular flexibility index (Phi) is 5.52. The number of nitrogens with zero attached hydrogens (tertiary/aromatic N) is 3. The van der Waals surface area contributed by atoms with Gasteiger partial charge in [-0.05, 0) is 24.3 Å². The molecule has 0 aromatic heterocycles. The highest BCUT2D eigenvalue weighted by Crippen LogP contribution is 2.40. The number of alkyl halides is 3. The second-order valence-electron chi connectivity index (χ2n) is 6.46. The van der Waals surface area contributed by atoms with Crippen molar-refractivity contribution in [3.63, 3.8) is 0 Å². The summed E-state index contributed by atoms with van der Waals surface area (Å²) in [5.41, 5.74) is -0.593. The van der Waals surface area contributed by atoms with E-state index in [1.807, 2.05) is 18.2 Å². The van der Waals surface area contributed by atoms with E-state index in [-0.39, 0.29) is 11.4 Å². The van der Waals surface area contributed by atoms with Crippen LogP contribution < -0.4 is 9.80 Å². The van der Waals surface area contributed by atoms with Crippen LogP contribution in [0.4, 0.5) is 24.5 Å². The number of hydrogen-bond donors (Lipinski definition) is 0. The van der Waals surface area contributed by atoms with Gasteiger partial charge in [-0.3, -0.25) is 4.79 Å². The minimum Gasteiger partial charge on any atom is -0.454 e. The number of carbonyl (C=O) groups excluding carboxylic acids is 2. The number of Topliss-reactive ketones (excluding diaryl/α,β-unsaturated/α-hetero) is 1.